The molecule has 0 saturated heterocycles. The minimum Gasteiger partial charge on any atom is -0.341 e. The highest BCUT2D eigenvalue weighted by Gasteiger charge is 2.06. The number of carbonyl (C=O) groups is 1. The highest BCUT2D eigenvalue weighted by Crippen LogP contribution is 1.95. The van der Waals surface area contributed by atoms with Crippen molar-refractivity contribution in [3.8, 4) is 11.8 Å². The minimum absolute atomic E-state index is 0.0255. The lowest BCUT2D eigenvalue weighted by Crippen LogP contribution is -2.39. The predicted molar refractivity (Wildman–Crippen MR) is 69.2 cm³/mol. The summed E-state index contributed by atoms with van der Waals surface area (Å²) < 4.78 is 0. The van der Waals surface area contributed by atoms with Crippen molar-refractivity contribution >= 4 is 5.91 Å². The smallest absolute Gasteiger partial charge is 0.296 e. The van der Waals surface area contributed by atoms with Gasteiger partial charge in [-0.15, -0.1) is 0 Å². The van der Waals surface area contributed by atoms with Crippen LogP contribution in [0.4, 0.5) is 0 Å². The van der Waals surface area contributed by atoms with Crippen LogP contribution in [0.5, 0.6) is 0 Å². The molecule has 0 fully saturated rings. The standard InChI is InChI=1S/C14H18N2O/c1-2-6-13(11-15)16-14(17)10-9-12-7-4-3-5-8-12/h3-5,7-8,13H,2,6,11,15H2,1H3,(H,16,17). The summed E-state index contributed by atoms with van der Waals surface area (Å²) in [4.78, 5) is 11.5. The topological polar surface area (TPSA) is 55.1 Å². The Balaban J connectivity index is 2.52. The van der Waals surface area contributed by atoms with E-state index >= 15 is 0 Å². The molecule has 0 aromatic heterocycles. The number of nitrogens with one attached hydrogen (secondary N) is 1. The fourth-order valence-corrected chi connectivity index (χ4v) is 1.47. The van der Waals surface area contributed by atoms with Gasteiger partial charge in [0.1, 0.15) is 0 Å². The van der Waals surface area contributed by atoms with E-state index < -0.39 is 0 Å². The number of benzene rings is 1. The van der Waals surface area contributed by atoms with Crippen molar-refractivity contribution in [3.63, 3.8) is 0 Å². The van der Waals surface area contributed by atoms with Crippen LogP contribution >= 0.6 is 0 Å². The summed E-state index contributed by atoms with van der Waals surface area (Å²) in [6.45, 7) is 2.51. The van der Waals surface area contributed by atoms with Crippen LogP contribution in [0.3, 0.4) is 0 Å². The Labute approximate surface area is 102 Å². The Kier molecular flexibility index (Phi) is 5.84. The fourth-order valence-electron chi connectivity index (χ4n) is 1.47. The molecule has 1 aromatic carbocycles. The van der Waals surface area contributed by atoms with Crippen molar-refractivity contribution in [1.82, 2.24) is 5.32 Å². The Morgan fingerprint density at radius 3 is 2.71 bits per heavy atom. The summed E-state index contributed by atoms with van der Waals surface area (Å²) in [5.41, 5.74) is 6.39. The summed E-state index contributed by atoms with van der Waals surface area (Å²) in [5.74, 6) is 5.11. The predicted octanol–water partition coefficient (Wildman–Crippen LogP) is 1.28. The first-order chi connectivity index (χ1) is 8.26. The quantitative estimate of drug-likeness (QED) is 0.766. The SMILES string of the molecule is CCCC(CN)NC(=O)C#Cc1ccccc1. The van der Waals surface area contributed by atoms with E-state index in [1.807, 2.05) is 30.3 Å². The van der Waals surface area contributed by atoms with Gasteiger partial charge >= 0.3 is 0 Å². The van der Waals surface area contributed by atoms with E-state index in [0.717, 1.165) is 18.4 Å². The van der Waals surface area contributed by atoms with E-state index in [9.17, 15) is 4.79 Å². The van der Waals surface area contributed by atoms with Gasteiger partial charge < -0.3 is 11.1 Å². The highest BCUT2D eigenvalue weighted by atomic mass is 16.1. The highest BCUT2D eigenvalue weighted by molar-refractivity contribution is 5.94. The average Bonchev–Trinajstić information content (AvgIpc) is 2.37. The van der Waals surface area contributed by atoms with Gasteiger partial charge in [-0.2, -0.15) is 0 Å². The monoisotopic (exact) mass is 230 g/mol. The number of amides is 1. The van der Waals surface area contributed by atoms with Crippen LogP contribution in [0, 0.1) is 11.8 Å². The molecule has 0 heterocycles. The van der Waals surface area contributed by atoms with Gasteiger partial charge in [0.25, 0.3) is 5.91 Å². The van der Waals surface area contributed by atoms with Crippen molar-refractivity contribution in [2.24, 2.45) is 5.73 Å². The average molecular weight is 230 g/mol. The molecule has 1 unspecified atom stereocenters. The molecule has 1 atom stereocenters. The van der Waals surface area contributed by atoms with Crippen molar-refractivity contribution < 1.29 is 4.79 Å². The van der Waals surface area contributed by atoms with Crippen molar-refractivity contribution in [1.29, 1.82) is 0 Å². The molecule has 90 valence electrons. The number of rotatable bonds is 4. The number of hydrogen-bond acceptors (Lipinski definition) is 2. The second-order valence-electron chi connectivity index (χ2n) is 3.81. The van der Waals surface area contributed by atoms with Crippen molar-refractivity contribution in [3.05, 3.63) is 35.9 Å². The van der Waals surface area contributed by atoms with Crippen LogP contribution in [-0.2, 0) is 4.79 Å². The number of carbonyl (C=O) groups excluding carboxylic acids is 1. The van der Waals surface area contributed by atoms with Gasteiger partial charge in [0.2, 0.25) is 0 Å². The van der Waals surface area contributed by atoms with Crippen molar-refractivity contribution in [2.75, 3.05) is 6.54 Å². The molecule has 0 spiro atoms. The van der Waals surface area contributed by atoms with Crippen LogP contribution in [0.1, 0.15) is 25.3 Å². The second-order valence-corrected chi connectivity index (χ2v) is 3.81. The van der Waals surface area contributed by atoms with Crippen LogP contribution in [0.25, 0.3) is 0 Å². The van der Waals surface area contributed by atoms with Crippen molar-refractivity contribution in [2.45, 2.75) is 25.8 Å². The van der Waals surface area contributed by atoms with E-state index in [2.05, 4.69) is 24.1 Å². The van der Waals surface area contributed by atoms with E-state index in [1.54, 1.807) is 0 Å². The molecule has 0 radical (unpaired) electrons. The fraction of sp³-hybridized carbons (Fsp3) is 0.357. The van der Waals surface area contributed by atoms with Crippen LogP contribution in [0.15, 0.2) is 30.3 Å². The molecule has 3 N–H and O–H groups in total. The van der Waals surface area contributed by atoms with Gasteiger partial charge in [0.05, 0.1) is 0 Å². The third kappa shape index (κ3) is 5.19. The third-order valence-corrected chi connectivity index (χ3v) is 2.35. The molecule has 1 rings (SSSR count). The normalized spacial score (nSPS) is 11.2. The zero-order valence-electron chi connectivity index (χ0n) is 10.1. The molecular formula is C14H18N2O. The molecule has 1 amide bonds. The summed E-state index contributed by atoms with van der Waals surface area (Å²) in [5, 5.41) is 2.80. The van der Waals surface area contributed by atoms with E-state index in [0.29, 0.717) is 6.54 Å². The molecule has 3 nitrogen and oxygen atoms in total. The Morgan fingerprint density at radius 1 is 1.41 bits per heavy atom. The molecular weight excluding hydrogens is 212 g/mol. The molecule has 0 bridgehead atoms. The lowest BCUT2D eigenvalue weighted by molar-refractivity contribution is -0.116. The van der Waals surface area contributed by atoms with E-state index in [1.165, 1.54) is 0 Å². The molecule has 3 heteroatoms. The van der Waals surface area contributed by atoms with Gasteiger partial charge in [-0.1, -0.05) is 37.5 Å². The van der Waals surface area contributed by atoms with E-state index in [-0.39, 0.29) is 11.9 Å². The minimum atomic E-state index is -0.266. The molecule has 0 saturated carbocycles. The Morgan fingerprint density at radius 2 is 2.12 bits per heavy atom. The van der Waals surface area contributed by atoms with Gasteiger partial charge in [-0.3, -0.25) is 4.79 Å². The third-order valence-electron chi connectivity index (χ3n) is 2.35. The Hall–Kier alpha value is -1.79. The largest absolute Gasteiger partial charge is 0.341 e. The maximum atomic E-state index is 11.5. The lowest BCUT2D eigenvalue weighted by atomic mass is 10.1. The summed E-state index contributed by atoms with van der Waals surface area (Å²) in [6.07, 6.45) is 1.88. The van der Waals surface area contributed by atoms with Crippen LogP contribution in [0.2, 0.25) is 0 Å². The molecule has 0 aliphatic rings. The van der Waals surface area contributed by atoms with Gasteiger partial charge in [-0.05, 0) is 18.6 Å². The molecule has 0 aliphatic heterocycles. The van der Waals surface area contributed by atoms with Crippen LogP contribution < -0.4 is 11.1 Å². The van der Waals surface area contributed by atoms with Gasteiger partial charge in [0, 0.05) is 24.1 Å². The lowest BCUT2D eigenvalue weighted by Gasteiger charge is -2.13. The first kappa shape index (κ1) is 13.3. The summed E-state index contributed by atoms with van der Waals surface area (Å²) >= 11 is 0. The van der Waals surface area contributed by atoms with Crippen LogP contribution in [-0.4, -0.2) is 18.5 Å². The molecule has 1 aromatic rings. The van der Waals surface area contributed by atoms with E-state index in [4.69, 9.17) is 5.73 Å². The number of hydrogen-bond donors (Lipinski definition) is 2. The molecule has 0 aliphatic carbocycles. The Bertz CT molecular complexity index is 403. The zero-order valence-corrected chi connectivity index (χ0v) is 10.1. The maximum Gasteiger partial charge on any atom is 0.296 e. The first-order valence-electron chi connectivity index (χ1n) is 5.84. The maximum absolute atomic E-state index is 11.5. The summed E-state index contributed by atoms with van der Waals surface area (Å²) in [6, 6.07) is 9.46. The second kappa shape index (κ2) is 7.48. The first-order valence-corrected chi connectivity index (χ1v) is 5.84. The van der Waals surface area contributed by atoms with Gasteiger partial charge in [-0.25, -0.2) is 0 Å². The van der Waals surface area contributed by atoms with Gasteiger partial charge in [0.15, 0.2) is 0 Å². The zero-order chi connectivity index (χ0) is 12.5. The number of nitrogens with two attached hydrogens (primary N) is 1. The summed E-state index contributed by atoms with van der Waals surface area (Å²) in [7, 11) is 0. The molecule has 17 heavy (non-hydrogen) atoms.